The van der Waals surface area contributed by atoms with E-state index in [9.17, 15) is 4.79 Å². The maximum atomic E-state index is 12.7. The van der Waals surface area contributed by atoms with Crippen LogP contribution in [0.2, 0.25) is 0 Å². The van der Waals surface area contributed by atoms with E-state index < -0.39 is 0 Å². The molecule has 1 saturated heterocycles. The maximum absolute atomic E-state index is 12.7. The number of nitrogens with one attached hydrogen (secondary N) is 1. The standard InChI is InChI=1S/C17H21N5OS/c23-16(19-11-14-12-21-8-9-24-17(21)20-14)22-7-2-1-5-15(22)13-4-3-6-18-10-13/h3-4,6,10,12,15H,1-2,5,7-9,11H2,(H,19,23)/t15-/m1/s1. The summed E-state index contributed by atoms with van der Waals surface area (Å²) in [7, 11) is 0. The summed E-state index contributed by atoms with van der Waals surface area (Å²) in [6, 6.07) is 4.10. The number of hydrogen-bond acceptors (Lipinski definition) is 4. The van der Waals surface area contributed by atoms with E-state index in [0.717, 1.165) is 54.5 Å². The van der Waals surface area contributed by atoms with Crippen molar-refractivity contribution in [2.24, 2.45) is 0 Å². The van der Waals surface area contributed by atoms with E-state index in [1.54, 1.807) is 18.0 Å². The minimum Gasteiger partial charge on any atom is -0.332 e. The predicted octanol–water partition coefficient (Wildman–Crippen LogP) is 2.82. The van der Waals surface area contributed by atoms with Gasteiger partial charge in [0.15, 0.2) is 5.16 Å². The van der Waals surface area contributed by atoms with E-state index in [2.05, 4.69) is 25.9 Å². The van der Waals surface area contributed by atoms with Crippen LogP contribution >= 0.6 is 11.8 Å². The Bertz CT molecular complexity index is 696. The van der Waals surface area contributed by atoms with Crippen LogP contribution in [0.1, 0.15) is 36.6 Å². The van der Waals surface area contributed by atoms with Crippen molar-refractivity contribution in [2.75, 3.05) is 12.3 Å². The quantitative estimate of drug-likeness (QED) is 0.931. The molecule has 0 radical (unpaired) electrons. The Morgan fingerprint density at radius 2 is 2.33 bits per heavy atom. The molecule has 2 aromatic heterocycles. The van der Waals surface area contributed by atoms with Gasteiger partial charge in [0.1, 0.15) is 0 Å². The highest BCUT2D eigenvalue weighted by Gasteiger charge is 2.28. The summed E-state index contributed by atoms with van der Waals surface area (Å²) < 4.78 is 2.16. The third-order valence-electron chi connectivity index (χ3n) is 4.61. The molecular formula is C17H21N5OS. The number of thioether (sulfide) groups is 1. The van der Waals surface area contributed by atoms with Crippen LogP contribution in [0.4, 0.5) is 4.79 Å². The number of nitrogens with zero attached hydrogens (tertiary/aromatic N) is 4. The lowest BCUT2D eigenvalue weighted by atomic mass is 9.97. The number of aromatic nitrogens is 3. The fraction of sp³-hybridized carbons (Fsp3) is 0.471. The number of carbonyl (C=O) groups is 1. The largest absolute Gasteiger partial charge is 0.332 e. The minimum absolute atomic E-state index is 0.00985. The van der Waals surface area contributed by atoms with Crippen LogP contribution in [-0.4, -0.2) is 37.8 Å². The van der Waals surface area contributed by atoms with Crippen LogP contribution in [-0.2, 0) is 13.1 Å². The predicted molar refractivity (Wildman–Crippen MR) is 92.7 cm³/mol. The summed E-state index contributed by atoms with van der Waals surface area (Å²) in [5.74, 6) is 1.09. The van der Waals surface area contributed by atoms with Crippen LogP contribution in [0, 0.1) is 0 Å². The summed E-state index contributed by atoms with van der Waals surface area (Å²) in [6.45, 7) is 2.28. The monoisotopic (exact) mass is 343 g/mol. The van der Waals surface area contributed by atoms with Gasteiger partial charge in [-0.3, -0.25) is 4.98 Å². The van der Waals surface area contributed by atoms with E-state index in [-0.39, 0.29) is 12.1 Å². The van der Waals surface area contributed by atoms with Crippen molar-refractivity contribution in [3.63, 3.8) is 0 Å². The molecule has 126 valence electrons. The lowest BCUT2D eigenvalue weighted by Crippen LogP contribution is -2.44. The van der Waals surface area contributed by atoms with Crippen molar-refractivity contribution >= 4 is 17.8 Å². The zero-order valence-electron chi connectivity index (χ0n) is 13.5. The molecule has 0 saturated carbocycles. The molecule has 2 aromatic rings. The SMILES string of the molecule is O=C(NCc1cn2c(n1)SCC2)N1CCCC[C@@H]1c1cccnc1. The molecular weight excluding hydrogens is 322 g/mol. The lowest BCUT2D eigenvalue weighted by Gasteiger charge is -2.35. The average Bonchev–Trinajstić information content (AvgIpc) is 3.22. The van der Waals surface area contributed by atoms with Crippen molar-refractivity contribution < 1.29 is 4.79 Å². The van der Waals surface area contributed by atoms with Crippen LogP contribution in [0.3, 0.4) is 0 Å². The molecule has 2 aliphatic rings. The molecule has 7 heteroatoms. The number of aryl methyl sites for hydroxylation is 1. The third-order valence-corrected chi connectivity index (χ3v) is 5.58. The smallest absolute Gasteiger partial charge is 0.318 e. The molecule has 2 aliphatic heterocycles. The van der Waals surface area contributed by atoms with Crippen molar-refractivity contribution in [3.05, 3.63) is 42.0 Å². The van der Waals surface area contributed by atoms with Gasteiger partial charge in [0.25, 0.3) is 0 Å². The Morgan fingerprint density at radius 1 is 1.38 bits per heavy atom. The van der Waals surface area contributed by atoms with Gasteiger partial charge in [-0.1, -0.05) is 17.8 Å². The number of likely N-dealkylation sites (tertiary alicyclic amines) is 1. The number of fused-ring (bicyclic) bond motifs is 1. The van der Waals surface area contributed by atoms with E-state index in [1.807, 2.05) is 23.4 Å². The van der Waals surface area contributed by atoms with Gasteiger partial charge in [0, 0.05) is 37.4 Å². The lowest BCUT2D eigenvalue weighted by molar-refractivity contribution is 0.151. The highest BCUT2D eigenvalue weighted by atomic mass is 32.2. The number of rotatable bonds is 3. The molecule has 4 heterocycles. The van der Waals surface area contributed by atoms with Crippen LogP contribution < -0.4 is 5.32 Å². The Hall–Kier alpha value is -2.02. The molecule has 0 aliphatic carbocycles. The van der Waals surface area contributed by atoms with Crippen LogP contribution in [0.5, 0.6) is 0 Å². The Labute approximate surface area is 145 Å². The van der Waals surface area contributed by atoms with E-state index in [4.69, 9.17) is 0 Å². The van der Waals surface area contributed by atoms with Crippen molar-refractivity contribution in [1.29, 1.82) is 0 Å². The molecule has 1 fully saturated rings. The van der Waals surface area contributed by atoms with Gasteiger partial charge < -0.3 is 14.8 Å². The van der Waals surface area contributed by atoms with Crippen molar-refractivity contribution in [2.45, 2.75) is 43.6 Å². The van der Waals surface area contributed by atoms with E-state index >= 15 is 0 Å². The van der Waals surface area contributed by atoms with Crippen LogP contribution in [0.15, 0.2) is 35.9 Å². The second-order valence-corrected chi connectivity index (χ2v) is 7.27. The van der Waals surface area contributed by atoms with Gasteiger partial charge in [0.2, 0.25) is 0 Å². The molecule has 0 aromatic carbocycles. The second kappa shape index (κ2) is 6.84. The Balaban J connectivity index is 1.41. The summed E-state index contributed by atoms with van der Waals surface area (Å²) in [6.07, 6.45) is 8.88. The normalized spacial score (nSPS) is 20.0. The van der Waals surface area contributed by atoms with E-state index in [1.165, 1.54) is 0 Å². The number of hydrogen-bond donors (Lipinski definition) is 1. The number of carbonyl (C=O) groups excluding carboxylic acids is 1. The van der Waals surface area contributed by atoms with Gasteiger partial charge in [-0.25, -0.2) is 9.78 Å². The molecule has 1 atom stereocenters. The molecule has 4 rings (SSSR count). The first-order valence-electron chi connectivity index (χ1n) is 8.44. The van der Waals surface area contributed by atoms with Crippen molar-refractivity contribution in [3.8, 4) is 0 Å². The van der Waals surface area contributed by atoms with Gasteiger partial charge in [-0.15, -0.1) is 0 Å². The first-order chi connectivity index (χ1) is 11.8. The average molecular weight is 343 g/mol. The highest BCUT2D eigenvalue weighted by Crippen LogP contribution is 2.30. The fourth-order valence-corrected chi connectivity index (χ4v) is 4.37. The first kappa shape index (κ1) is 15.5. The van der Waals surface area contributed by atoms with Gasteiger partial charge in [-0.05, 0) is 30.9 Å². The summed E-state index contributed by atoms with van der Waals surface area (Å²) in [5.41, 5.74) is 2.05. The zero-order valence-corrected chi connectivity index (χ0v) is 14.3. The molecule has 0 spiro atoms. The Morgan fingerprint density at radius 3 is 3.17 bits per heavy atom. The highest BCUT2D eigenvalue weighted by molar-refractivity contribution is 7.99. The Kier molecular flexibility index (Phi) is 4.42. The van der Waals surface area contributed by atoms with Crippen molar-refractivity contribution in [1.82, 2.24) is 24.8 Å². The molecule has 24 heavy (non-hydrogen) atoms. The topological polar surface area (TPSA) is 63.1 Å². The maximum Gasteiger partial charge on any atom is 0.318 e. The summed E-state index contributed by atoms with van der Waals surface area (Å²) in [4.78, 5) is 23.4. The molecule has 0 bridgehead atoms. The van der Waals surface area contributed by atoms with Gasteiger partial charge in [-0.2, -0.15) is 0 Å². The van der Waals surface area contributed by atoms with E-state index in [0.29, 0.717) is 6.54 Å². The summed E-state index contributed by atoms with van der Waals surface area (Å²) in [5, 5.41) is 4.10. The first-order valence-corrected chi connectivity index (χ1v) is 9.43. The molecule has 0 unspecified atom stereocenters. The molecule has 6 nitrogen and oxygen atoms in total. The molecule has 2 amide bonds. The zero-order chi connectivity index (χ0) is 16.4. The number of piperidine rings is 1. The molecule has 1 N–H and O–H groups in total. The van der Waals surface area contributed by atoms with Crippen LogP contribution in [0.25, 0.3) is 0 Å². The minimum atomic E-state index is -0.00985. The number of pyridine rings is 1. The van der Waals surface area contributed by atoms with Gasteiger partial charge in [0.05, 0.1) is 18.3 Å². The number of imidazole rings is 1. The second-order valence-electron chi connectivity index (χ2n) is 6.21. The van der Waals surface area contributed by atoms with Gasteiger partial charge >= 0.3 is 6.03 Å². The fourth-order valence-electron chi connectivity index (χ4n) is 3.41. The third kappa shape index (κ3) is 3.13. The summed E-state index contributed by atoms with van der Waals surface area (Å²) >= 11 is 1.77. The number of amides is 2. The number of urea groups is 1.